The quantitative estimate of drug-likeness (QED) is 0.676. The van der Waals surface area contributed by atoms with E-state index in [1.54, 1.807) is 25.1 Å². The topological polar surface area (TPSA) is 59.3 Å². The number of hydrogen-bond donors (Lipinski definition) is 1. The van der Waals surface area contributed by atoms with Gasteiger partial charge in [-0.1, -0.05) is 6.92 Å². The summed E-state index contributed by atoms with van der Waals surface area (Å²) in [6.07, 6.45) is 1.23. The lowest BCUT2D eigenvalue weighted by Gasteiger charge is -2.04. The van der Waals surface area contributed by atoms with Crippen LogP contribution >= 0.6 is 0 Å². The number of fused-ring (bicyclic) bond motifs is 1. The molecule has 3 rings (SSSR count). The number of aryl methyl sites for hydroxylation is 1. The SMILES string of the molecule is CCCC(=O)Nc1ccc2oc(C(=O)c3ccc(F)cc3)c(C)c2c1. The number of carbonyl (C=O) groups excluding carboxylic acids is 2. The average molecular weight is 339 g/mol. The van der Waals surface area contributed by atoms with Crippen LogP contribution in [0, 0.1) is 12.7 Å². The van der Waals surface area contributed by atoms with Crippen LogP contribution in [0.25, 0.3) is 11.0 Å². The van der Waals surface area contributed by atoms with Crippen molar-refractivity contribution in [2.75, 3.05) is 5.32 Å². The highest BCUT2D eigenvalue weighted by atomic mass is 19.1. The summed E-state index contributed by atoms with van der Waals surface area (Å²) in [5, 5.41) is 3.60. The molecule has 0 unspecified atom stereocenters. The number of carbonyl (C=O) groups is 2. The molecule has 0 aliphatic rings. The van der Waals surface area contributed by atoms with Gasteiger partial charge in [0.05, 0.1) is 0 Å². The summed E-state index contributed by atoms with van der Waals surface area (Å²) in [6.45, 7) is 3.73. The molecule has 0 saturated heterocycles. The van der Waals surface area contributed by atoms with Crippen LogP contribution in [0.1, 0.15) is 41.4 Å². The third-order valence-electron chi connectivity index (χ3n) is 4.01. The summed E-state index contributed by atoms with van der Waals surface area (Å²) >= 11 is 0. The fourth-order valence-electron chi connectivity index (χ4n) is 2.70. The van der Waals surface area contributed by atoms with Crippen LogP contribution in [0.4, 0.5) is 10.1 Å². The smallest absolute Gasteiger partial charge is 0.228 e. The van der Waals surface area contributed by atoms with Crippen LogP contribution < -0.4 is 5.32 Å². The van der Waals surface area contributed by atoms with Crippen molar-refractivity contribution in [2.24, 2.45) is 0 Å². The van der Waals surface area contributed by atoms with E-state index in [0.717, 1.165) is 11.8 Å². The first-order valence-electron chi connectivity index (χ1n) is 8.13. The first-order chi connectivity index (χ1) is 12.0. The molecule has 0 bridgehead atoms. The average Bonchev–Trinajstić information content (AvgIpc) is 2.92. The summed E-state index contributed by atoms with van der Waals surface area (Å²) in [5.74, 6) is -0.528. The van der Waals surface area contributed by atoms with E-state index in [2.05, 4.69) is 5.32 Å². The monoisotopic (exact) mass is 339 g/mol. The third kappa shape index (κ3) is 3.45. The maximum atomic E-state index is 13.0. The Morgan fingerprint density at radius 2 is 1.84 bits per heavy atom. The Kier molecular flexibility index (Phi) is 4.65. The zero-order valence-electron chi connectivity index (χ0n) is 14.1. The first-order valence-corrected chi connectivity index (χ1v) is 8.13. The van der Waals surface area contributed by atoms with Gasteiger partial charge < -0.3 is 9.73 Å². The predicted octanol–water partition coefficient (Wildman–Crippen LogP) is 4.85. The van der Waals surface area contributed by atoms with E-state index in [1.807, 2.05) is 6.92 Å². The minimum atomic E-state index is -0.398. The van der Waals surface area contributed by atoms with Crippen molar-refractivity contribution in [3.05, 3.63) is 65.2 Å². The lowest BCUT2D eigenvalue weighted by molar-refractivity contribution is -0.116. The van der Waals surface area contributed by atoms with Crippen LogP contribution in [0.2, 0.25) is 0 Å². The highest BCUT2D eigenvalue weighted by Crippen LogP contribution is 2.29. The minimum Gasteiger partial charge on any atom is -0.452 e. The Bertz CT molecular complexity index is 941. The summed E-state index contributed by atoms with van der Waals surface area (Å²) in [5.41, 5.74) is 2.28. The van der Waals surface area contributed by atoms with Crippen LogP contribution in [-0.4, -0.2) is 11.7 Å². The van der Waals surface area contributed by atoms with Gasteiger partial charge in [-0.3, -0.25) is 9.59 Å². The molecule has 4 nitrogen and oxygen atoms in total. The van der Waals surface area contributed by atoms with Crippen molar-refractivity contribution in [3.8, 4) is 0 Å². The standard InChI is InChI=1S/C20H18FNO3/c1-3-4-18(23)22-15-9-10-17-16(11-15)12(2)20(25-17)19(24)13-5-7-14(21)8-6-13/h5-11H,3-4H2,1-2H3,(H,22,23). The minimum absolute atomic E-state index is 0.0504. The molecular formula is C20H18FNO3. The number of benzene rings is 2. The summed E-state index contributed by atoms with van der Waals surface area (Å²) in [6, 6.07) is 10.6. The molecule has 1 heterocycles. The molecule has 0 spiro atoms. The molecular weight excluding hydrogens is 321 g/mol. The van der Waals surface area contributed by atoms with Gasteiger partial charge in [0, 0.05) is 28.6 Å². The number of furan rings is 1. The highest BCUT2D eigenvalue weighted by molar-refractivity contribution is 6.10. The molecule has 1 amide bonds. The van der Waals surface area contributed by atoms with Crippen molar-refractivity contribution in [2.45, 2.75) is 26.7 Å². The maximum Gasteiger partial charge on any atom is 0.228 e. The predicted molar refractivity (Wildman–Crippen MR) is 94.3 cm³/mol. The fraction of sp³-hybridized carbons (Fsp3) is 0.200. The Balaban J connectivity index is 1.95. The van der Waals surface area contributed by atoms with Gasteiger partial charge in [0.25, 0.3) is 0 Å². The molecule has 2 aromatic carbocycles. The van der Waals surface area contributed by atoms with Gasteiger partial charge in [0.1, 0.15) is 11.4 Å². The Morgan fingerprint density at radius 3 is 2.52 bits per heavy atom. The number of ketones is 1. The fourth-order valence-corrected chi connectivity index (χ4v) is 2.70. The van der Waals surface area contributed by atoms with E-state index in [1.165, 1.54) is 24.3 Å². The Labute approximate surface area is 144 Å². The van der Waals surface area contributed by atoms with Gasteiger partial charge in [0.2, 0.25) is 11.7 Å². The molecule has 0 saturated carbocycles. The lowest BCUT2D eigenvalue weighted by atomic mass is 10.0. The molecule has 0 aliphatic heterocycles. The molecule has 0 fully saturated rings. The molecule has 25 heavy (non-hydrogen) atoms. The molecule has 1 aromatic heterocycles. The number of halogens is 1. The number of nitrogens with one attached hydrogen (secondary N) is 1. The zero-order valence-corrected chi connectivity index (χ0v) is 14.1. The normalized spacial score (nSPS) is 10.8. The van der Waals surface area contributed by atoms with Gasteiger partial charge in [0.15, 0.2) is 5.76 Å². The number of anilines is 1. The first kappa shape index (κ1) is 16.9. The van der Waals surface area contributed by atoms with Gasteiger partial charge in [-0.2, -0.15) is 0 Å². The third-order valence-corrected chi connectivity index (χ3v) is 4.01. The second-order valence-corrected chi connectivity index (χ2v) is 5.90. The summed E-state index contributed by atoms with van der Waals surface area (Å²) in [4.78, 5) is 24.4. The van der Waals surface area contributed by atoms with E-state index in [4.69, 9.17) is 4.42 Å². The van der Waals surface area contributed by atoms with Crippen molar-refractivity contribution >= 4 is 28.3 Å². The second-order valence-electron chi connectivity index (χ2n) is 5.90. The largest absolute Gasteiger partial charge is 0.452 e. The Morgan fingerprint density at radius 1 is 1.12 bits per heavy atom. The summed E-state index contributed by atoms with van der Waals surface area (Å²) in [7, 11) is 0. The molecule has 1 N–H and O–H groups in total. The van der Waals surface area contributed by atoms with Gasteiger partial charge in [-0.15, -0.1) is 0 Å². The van der Waals surface area contributed by atoms with Gasteiger partial charge in [-0.25, -0.2) is 4.39 Å². The summed E-state index contributed by atoms with van der Waals surface area (Å²) < 4.78 is 18.7. The number of rotatable bonds is 5. The highest BCUT2D eigenvalue weighted by Gasteiger charge is 2.19. The van der Waals surface area contributed by atoms with Gasteiger partial charge >= 0.3 is 0 Å². The molecule has 0 atom stereocenters. The van der Waals surface area contributed by atoms with Crippen molar-refractivity contribution in [1.82, 2.24) is 0 Å². The molecule has 128 valence electrons. The van der Waals surface area contributed by atoms with Gasteiger partial charge in [-0.05, 0) is 55.8 Å². The van der Waals surface area contributed by atoms with E-state index < -0.39 is 5.82 Å². The van der Waals surface area contributed by atoms with E-state index in [0.29, 0.717) is 28.8 Å². The Hall–Kier alpha value is -2.95. The van der Waals surface area contributed by atoms with Crippen LogP contribution in [-0.2, 0) is 4.79 Å². The maximum absolute atomic E-state index is 13.0. The van der Waals surface area contributed by atoms with Crippen LogP contribution in [0.5, 0.6) is 0 Å². The van der Waals surface area contributed by atoms with Crippen molar-refractivity contribution in [1.29, 1.82) is 0 Å². The zero-order chi connectivity index (χ0) is 18.0. The van der Waals surface area contributed by atoms with Crippen molar-refractivity contribution < 1.29 is 18.4 Å². The van der Waals surface area contributed by atoms with E-state index in [-0.39, 0.29) is 17.5 Å². The van der Waals surface area contributed by atoms with E-state index >= 15 is 0 Å². The van der Waals surface area contributed by atoms with Crippen LogP contribution in [0.15, 0.2) is 46.9 Å². The number of amides is 1. The van der Waals surface area contributed by atoms with E-state index in [9.17, 15) is 14.0 Å². The molecule has 3 aromatic rings. The van der Waals surface area contributed by atoms with Crippen molar-refractivity contribution in [3.63, 3.8) is 0 Å². The molecule has 0 aliphatic carbocycles. The van der Waals surface area contributed by atoms with Crippen LogP contribution in [0.3, 0.4) is 0 Å². The number of hydrogen-bond acceptors (Lipinski definition) is 3. The molecule has 5 heteroatoms. The molecule has 0 radical (unpaired) electrons. The lowest BCUT2D eigenvalue weighted by Crippen LogP contribution is -2.10. The second kappa shape index (κ2) is 6.89.